The molecular weight excluding hydrogens is 657 g/mol. The highest BCUT2D eigenvalue weighted by molar-refractivity contribution is 7.92. The first-order chi connectivity index (χ1) is 22.4. The lowest BCUT2D eigenvalue weighted by atomic mass is 10.0. The smallest absolute Gasteiger partial charge is 0.264 e. The molecular formula is C36H39Cl2N3O5S. The van der Waals surface area contributed by atoms with Crippen molar-refractivity contribution in [3.63, 3.8) is 0 Å². The maximum Gasteiger partial charge on any atom is 0.264 e. The zero-order valence-electron chi connectivity index (χ0n) is 26.8. The summed E-state index contributed by atoms with van der Waals surface area (Å²) >= 11 is 13.2. The molecule has 0 aromatic heterocycles. The van der Waals surface area contributed by atoms with E-state index in [1.165, 1.54) is 17.0 Å². The van der Waals surface area contributed by atoms with Crippen LogP contribution in [0.2, 0.25) is 10.0 Å². The van der Waals surface area contributed by atoms with Crippen LogP contribution in [0.25, 0.3) is 0 Å². The third kappa shape index (κ3) is 9.06. The highest BCUT2D eigenvalue weighted by atomic mass is 35.5. The monoisotopic (exact) mass is 695 g/mol. The van der Waals surface area contributed by atoms with Crippen molar-refractivity contribution in [3.8, 4) is 5.75 Å². The molecule has 0 aliphatic heterocycles. The van der Waals surface area contributed by atoms with Crippen LogP contribution in [0.4, 0.5) is 5.69 Å². The van der Waals surface area contributed by atoms with E-state index in [9.17, 15) is 18.0 Å². The molecule has 8 nitrogen and oxygen atoms in total. The Hall–Kier alpha value is -4.05. The van der Waals surface area contributed by atoms with Gasteiger partial charge in [-0.3, -0.25) is 13.9 Å². The molecule has 0 heterocycles. The van der Waals surface area contributed by atoms with Crippen molar-refractivity contribution in [3.05, 3.63) is 124 Å². The van der Waals surface area contributed by atoms with E-state index >= 15 is 0 Å². The Bertz CT molecular complexity index is 1760. The van der Waals surface area contributed by atoms with Gasteiger partial charge in [-0.05, 0) is 69.7 Å². The second kappa shape index (κ2) is 16.2. The fourth-order valence-electron chi connectivity index (χ4n) is 5.08. The summed E-state index contributed by atoms with van der Waals surface area (Å²) in [4.78, 5) is 29.9. The van der Waals surface area contributed by atoms with Gasteiger partial charge in [-0.25, -0.2) is 8.42 Å². The molecule has 47 heavy (non-hydrogen) atoms. The largest absolute Gasteiger partial charge is 0.492 e. The lowest BCUT2D eigenvalue weighted by Crippen LogP contribution is -2.54. The topological polar surface area (TPSA) is 96.0 Å². The SMILES string of the molecule is CCOc1ccccc1N(CC(=O)N(Cc1c(Cl)cccc1Cl)[C@H](Cc1ccccc1)C(=O)NC(C)C)S(=O)(=O)c1ccc(C)cc1. The van der Waals surface area contributed by atoms with Crippen molar-refractivity contribution in [1.29, 1.82) is 0 Å². The molecule has 2 amide bonds. The molecule has 0 aliphatic carbocycles. The van der Waals surface area contributed by atoms with E-state index < -0.39 is 34.4 Å². The van der Waals surface area contributed by atoms with Crippen LogP contribution < -0.4 is 14.4 Å². The Morgan fingerprint density at radius 2 is 1.47 bits per heavy atom. The molecule has 248 valence electrons. The average Bonchev–Trinajstić information content (AvgIpc) is 3.03. The number of hydrogen-bond donors (Lipinski definition) is 1. The Morgan fingerprint density at radius 3 is 2.09 bits per heavy atom. The number of aryl methyl sites for hydroxylation is 1. The number of ether oxygens (including phenoxy) is 1. The van der Waals surface area contributed by atoms with E-state index in [2.05, 4.69) is 5.32 Å². The van der Waals surface area contributed by atoms with E-state index in [1.54, 1.807) is 61.5 Å². The second-order valence-corrected chi connectivity index (χ2v) is 14.0. The minimum Gasteiger partial charge on any atom is -0.492 e. The summed E-state index contributed by atoms with van der Waals surface area (Å²) in [6.45, 7) is 6.79. The summed E-state index contributed by atoms with van der Waals surface area (Å²) in [6, 6.07) is 26.1. The van der Waals surface area contributed by atoms with Crippen LogP contribution in [-0.2, 0) is 32.6 Å². The molecule has 0 fully saturated rings. The highest BCUT2D eigenvalue weighted by Crippen LogP contribution is 2.34. The first-order valence-corrected chi connectivity index (χ1v) is 17.5. The molecule has 0 spiro atoms. The lowest BCUT2D eigenvalue weighted by molar-refractivity contribution is -0.140. The number of anilines is 1. The van der Waals surface area contributed by atoms with Crippen LogP contribution in [-0.4, -0.2) is 50.4 Å². The molecule has 0 saturated heterocycles. The van der Waals surface area contributed by atoms with Crippen molar-refractivity contribution >= 4 is 50.7 Å². The molecule has 0 unspecified atom stereocenters. The van der Waals surface area contributed by atoms with Gasteiger partial charge in [-0.1, -0.05) is 89.4 Å². The number of para-hydroxylation sites is 2. The van der Waals surface area contributed by atoms with Crippen LogP contribution >= 0.6 is 23.2 Å². The number of hydrogen-bond acceptors (Lipinski definition) is 5. The number of sulfonamides is 1. The standard InChI is InChI=1S/C36H39Cl2N3O5S/c1-5-46-34-17-10-9-16-32(34)41(47(44,45)28-20-18-26(4)19-21-28)24-35(42)40(23-29-30(37)14-11-15-31(29)38)33(36(43)39-25(2)3)22-27-12-7-6-8-13-27/h6-21,25,33H,5,22-24H2,1-4H3,(H,39,43)/t33-/m1/s1. The van der Waals surface area contributed by atoms with E-state index in [0.717, 1.165) is 15.4 Å². The summed E-state index contributed by atoms with van der Waals surface area (Å²) in [5.41, 5.74) is 2.31. The van der Waals surface area contributed by atoms with Gasteiger partial charge in [0.1, 0.15) is 18.3 Å². The number of benzene rings is 4. The summed E-state index contributed by atoms with van der Waals surface area (Å²) in [5, 5.41) is 3.55. The molecule has 4 aromatic carbocycles. The fourth-order valence-corrected chi connectivity index (χ4v) is 7.02. The highest BCUT2D eigenvalue weighted by Gasteiger charge is 2.36. The van der Waals surface area contributed by atoms with E-state index in [0.29, 0.717) is 15.6 Å². The molecule has 4 rings (SSSR count). The third-order valence-electron chi connectivity index (χ3n) is 7.41. The predicted molar refractivity (Wildman–Crippen MR) is 188 cm³/mol. The maximum absolute atomic E-state index is 14.7. The van der Waals surface area contributed by atoms with Crippen LogP contribution in [0.5, 0.6) is 5.75 Å². The number of amides is 2. The van der Waals surface area contributed by atoms with Gasteiger partial charge >= 0.3 is 0 Å². The Labute approximate surface area is 287 Å². The van der Waals surface area contributed by atoms with Crippen molar-refractivity contribution in [1.82, 2.24) is 10.2 Å². The van der Waals surface area contributed by atoms with Crippen LogP contribution in [0.3, 0.4) is 0 Å². The summed E-state index contributed by atoms with van der Waals surface area (Å²) in [5.74, 6) is -0.747. The van der Waals surface area contributed by atoms with Crippen molar-refractivity contribution < 1.29 is 22.7 Å². The van der Waals surface area contributed by atoms with Gasteiger partial charge < -0.3 is 15.0 Å². The van der Waals surface area contributed by atoms with Crippen molar-refractivity contribution in [2.75, 3.05) is 17.5 Å². The van der Waals surface area contributed by atoms with E-state index in [1.807, 2.05) is 51.1 Å². The molecule has 11 heteroatoms. The van der Waals surface area contributed by atoms with E-state index in [4.69, 9.17) is 27.9 Å². The normalized spacial score (nSPS) is 12.0. The minimum absolute atomic E-state index is 0.00119. The lowest BCUT2D eigenvalue weighted by Gasteiger charge is -2.34. The van der Waals surface area contributed by atoms with E-state index in [-0.39, 0.29) is 41.9 Å². The van der Waals surface area contributed by atoms with Crippen molar-refractivity contribution in [2.45, 2.75) is 57.6 Å². The molecule has 0 aliphatic rings. The average molecular weight is 697 g/mol. The number of nitrogens with zero attached hydrogens (tertiary/aromatic N) is 2. The predicted octanol–water partition coefficient (Wildman–Crippen LogP) is 7.06. The molecule has 1 atom stereocenters. The van der Waals surface area contributed by atoms with Crippen LogP contribution in [0.15, 0.2) is 102 Å². The molecule has 0 radical (unpaired) electrons. The van der Waals surface area contributed by atoms with Gasteiger partial charge in [0.25, 0.3) is 10.0 Å². The number of carbonyl (C=O) groups is 2. The van der Waals surface area contributed by atoms with Crippen LogP contribution in [0.1, 0.15) is 37.5 Å². The number of carbonyl (C=O) groups excluding carboxylic acids is 2. The van der Waals surface area contributed by atoms with Gasteiger partial charge in [-0.2, -0.15) is 0 Å². The fraction of sp³-hybridized carbons (Fsp3) is 0.278. The first-order valence-electron chi connectivity index (χ1n) is 15.3. The Balaban J connectivity index is 1.87. The summed E-state index contributed by atoms with van der Waals surface area (Å²) in [6.07, 6.45) is 0.160. The molecule has 0 saturated carbocycles. The molecule has 0 bridgehead atoms. The first kappa shape index (κ1) is 35.8. The number of nitrogens with one attached hydrogen (secondary N) is 1. The molecule has 4 aromatic rings. The zero-order chi connectivity index (χ0) is 34.1. The van der Waals surface area contributed by atoms with Gasteiger partial charge in [0.05, 0.1) is 17.2 Å². The Kier molecular flexibility index (Phi) is 12.3. The minimum atomic E-state index is -4.30. The second-order valence-electron chi connectivity index (χ2n) is 11.3. The van der Waals surface area contributed by atoms with Gasteiger partial charge in [-0.15, -0.1) is 0 Å². The number of halogens is 2. The maximum atomic E-state index is 14.7. The zero-order valence-corrected chi connectivity index (χ0v) is 29.1. The summed E-state index contributed by atoms with van der Waals surface area (Å²) in [7, 11) is -4.30. The van der Waals surface area contributed by atoms with Crippen LogP contribution in [0, 0.1) is 6.92 Å². The molecule has 1 N–H and O–H groups in total. The van der Waals surface area contributed by atoms with Crippen molar-refractivity contribution in [2.24, 2.45) is 0 Å². The van der Waals surface area contributed by atoms with Gasteiger partial charge in [0.2, 0.25) is 11.8 Å². The van der Waals surface area contributed by atoms with Gasteiger partial charge in [0, 0.05) is 34.6 Å². The Morgan fingerprint density at radius 1 is 0.851 bits per heavy atom. The summed E-state index contributed by atoms with van der Waals surface area (Å²) < 4.78 is 35.5. The third-order valence-corrected chi connectivity index (χ3v) is 9.90. The number of rotatable bonds is 14. The van der Waals surface area contributed by atoms with Gasteiger partial charge in [0.15, 0.2) is 0 Å². The quantitative estimate of drug-likeness (QED) is 0.152.